The van der Waals surface area contributed by atoms with Crippen molar-refractivity contribution in [1.29, 1.82) is 0 Å². The van der Waals surface area contributed by atoms with E-state index in [0.29, 0.717) is 23.9 Å². The van der Waals surface area contributed by atoms with Crippen LogP contribution in [0.5, 0.6) is 17.2 Å². The number of benzene rings is 3. The van der Waals surface area contributed by atoms with Crippen molar-refractivity contribution >= 4 is 28.5 Å². The second-order valence-corrected chi connectivity index (χ2v) is 7.80. The second kappa shape index (κ2) is 10.7. The summed E-state index contributed by atoms with van der Waals surface area (Å²) >= 11 is 5.72. The van der Waals surface area contributed by atoms with Crippen LogP contribution in [0.2, 0.25) is 0 Å². The molecule has 6 nitrogen and oxygen atoms in total. The average molecular weight is 464 g/mol. The molecule has 1 atom stereocenters. The van der Waals surface area contributed by atoms with Gasteiger partial charge in [-0.15, -0.1) is 11.6 Å². The zero-order valence-electron chi connectivity index (χ0n) is 17.7. The van der Waals surface area contributed by atoms with E-state index in [0.717, 1.165) is 22.2 Å². The van der Waals surface area contributed by atoms with E-state index >= 15 is 0 Å². The molecule has 1 N–H and O–H groups in total. The Labute approximate surface area is 196 Å². The van der Waals surface area contributed by atoms with Crippen LogP contribution in [0.25, 0.3) is 10.9 Å². The van der Waals surface area contributed by atoms with Crippen molar-refractivity contribution in [2.75, 3.05) is 6.61 Å². The first kappa shape index (κ1) is 22.4. The molecule has 3 aromatic carbocycles. The Balaban J connectivity index is 1.31. The highest BCUT2D eigenvalue weighted by atomic mass is 35.5. The fourth-order valence-corrected chi connectivity index (χ4v) is 3.20. The number of carboxylic acid groups (broad SMARTS) is 1. The maximum absolute atomic E-state index is 10.9. The van der Waals surface area contributed by atoms with E-state index in [-0.39, 0.29) is 13.2 Å². The number of carboxylic acids is 1. The standard InChI is InChI=1S/C26H22ClNO5/c27-23(26(29)30)17-33-25-8-4-2-6-19(25)15-31-21-11-13-22(14-12-21)32-16-20-10-9-18-5-1-3-7-24(18)28-20/h1-14,23H,15-17H2,(H,29,30). The van der Waals surface area contributed by atoms with E-state index in [1.165, 1.54) is 0 Å². The number of rotatable bonds is 10. The van der Waals surface area contributed by atoms with E-state index in [2.05, 4.69) is 4.98 Å². The molecule has 0 fully saturated rings. The van der Waals surface area contributed by atoms with Crippen LogP contribution < -0.4 is 14.2 Å². The van der Waals surface area contributed by atoms with Gasteiger partial charge in [-0.3, -0.25) is 4.79 Å². The molecule has 0 aliphatic carbocycles. The van der Waals surface area contributed by atoms with Crippen molar-refractivity contribution < 1.29 is 24.1 Å². The van der Waals surface area contributed by atoms with Gasteiger partial charge >= 0.3 is 5.97 Å². The van der Waals surface area contributed by atoms with Crippen LogP contribution in [0, 0.1) is 0 Å². The summed E-state index contributed by atoms with van der Waals surface area (Å²) in [4.78, 5) is 15.5. The van der Waals surface area contributed by atoms with Crippen molar-refractivity contribution in [3.8, 4) is 17.2 Å². The summed E-state index contributed by atoms with van der Waals surface area (Å²) in [6, 6.07) is 26.6. The first-order chi connectivity index (χ1) is 16.1. The van der Waals surface area contributed by atoms with E-state index in [4.69, 9.17) is 30.9 Å². The molecule has 0 saturated carbocycles. The molecule has 0 aliphatic rings. The lowest BCUT2D eigenvalue weighted by Crippen LogP contribution is -2.21. The molecule has 0 spiro atoms. The molecular formula is C26H22ClNO5. The minimum Gasteiger partial charge on any atom is -0.491 e. The zero-order valence-corrected chi connectivity index (χ0v) is 18.4. The number of para-hydroxylation sites is 2. The van der Waals surface area contributed by atoms with E-state index in [1.54, 1.807) is 12.1 Å². The fraction of sp³-hybridized carbons (Fsp3) is 0.154. The molecule has 0 saturated heterocycles. The van der Waals surface area contributed by atoms with Gasteiger partial charge in [-0.25, -0.2) is 4.98 Å². The van der Waals surface area contributed by atoms with Crippen LogP contribution in [-0.4, -0.2) is 28.0 Å². The first-order valence-corrected chi connectivity index (χ1v) is 10.8. The monoisotopic (exact) mass is 463 g/mol. The molecule has 1 heterocycles. The number of carbonyl (C=O) groups is 1. The van der Waals surface area contributed by atoms with Crippen LogP contribution in [-0.2, 0) is 18.0 Å². The van der Waals surface area contributed by atoms with E-state index in [9.17, 15) is 4.79 Å². The molecule has 33 heavy (non-hydrogen) atoms. The van der Waals surface area contributed by atoms with Gasteiger partial charge in [0.05, 0.1) is 11.2 Å². The van der Waals surface area contributed by atoms with Crippen LogP contribution in [0.3, 0.4) is 0 Å². The van der Waals surface area contributed by atoms with Crippen molar-refractivity contribution in [2.45, 2.75) is 18.6 Å². The minimum atomic E-state index is -1.12. The molecule has 1 aromatic heterocycles. The number of halogens is 1. The molecule has 4 aromatic rings. The van der Waals surface area contributed by atoms with Gasteiger partial charge in [-0.2, -0.15) is 0 Å². The average Bonchev–Trinajstić information content (AvgIpc) is 2.85. The van der Waals surface area contributed by atoms with Gasteiger partial charge in [-0.05, 0) is 42.5 Å². The largest absolute Gasteiger partial charge is 0.491 e. The summed E-state index contributed by atoms with van der Waals surface area (Å²) in [5, 5.41) is 8.88. The predicted molar refractivity (Wildman–Crippen MR) is 126 cm³/mol. The highest BCUT2D eigenvalue weighted by molar-refractivity contribution is 6.29. The lowest BCUT2D eigenvalue weighted by atomic mass is 10.2. The number of hydrogen-bond acceptors (Lipinski definition) is 5. The SMILES string of the molecule is O=C(O)C(Cl)COc1ccccc1COc1ccc(OCc2ccc3ccccc3n2)cc1. The molecule has 7 heteroatoms. The Morgan fingerprint density at radius 3 is 2.24 bits per heavy atom. The van der Waals surface area contributed by atoms with Crippen LogP contribution in [0.1, 0.15) is 11.3 Å². The number of ether oxygens (including phenoxy) is 3. The number of nitrogens with zero attached hydrogens (tertiary/aromatic N) is 1. The number of hydrogen-bond donors (Lipinski definition) is 1. The molecule has 0 aliphatic heterocycles. The molecule has 168 valence electrons. The smallest absolute Gasteiger partial charge is 0.325 e. The van der Waals surface area contributed by atoms with Crippen LogP contribution in [0.4, 0.5) is 0 Å². The Morgan fingerprint density at radius 1 is 0.818 bits per heavy atom. The van der Waals surface area contributed by atoms with Gasteiger partial charge in [0, 0.05) is 10.9 Å². The minimum absolute atomic E-state index is 0.133. The molecular weight excluding hydrogens is 442 g/mol. The van der Waals surface area contributed by atoms with Gasteiger partial charge in [0.25, 0.3) is 0 Å². The van der Waals surface area contributed by atoms with Crippen molar-refractivity contribution in [3.63, 3.8) is 0 Å². The predicted octanol–water partition coefficient (Wildman–Crippen LogP) is 5.46. The van der Waals surface area contributed by atoms with Crippen molar-refractivity contribution in [2.24, 2.45) is 0 Å². The summed E-state index contributed by atoms with van der Waals surface area (Å²) in [6.45, 7) is 0.497. The van der Waals surface area contributed by atoms with E-state index in [1.807, 2.05) is 72.8 Å². The van der Waals surface area contributed by atoms with Crippen molar-refractivity contribution in [3.05, 3.63) is 96.2 Å². The summed E-state index contributed by atoms with van der Waals surface area (Å²) in [5.74, 6) is 0.793. The third kappa shape index (κ3) is 6.14. The summed E-state index contributed by atoms with van der Waals surface area (Å²) in [6.07, 6.45) is 0. The zero-order chi connectivity index (χ0) is 23.0. The molecule has 1 unspecified atom stereocenters. The van der Waals surface area contributed by atoms with Crippen LogP contribution >= 0.6 is 11.6 Å². The maximum atomic E-state index is 10.9. The highest BCUT2D eigenvalue weighted by Crippen LogP contribution is 2.23. The lowest BCUT2D eigenvalue weighted by Gasteiger charge is -2.13. The summed E-state index contributed by atoms with van der Waals surface area (Å²) in [7, 11) is 0. The van der Waals surface area contributed by atoms with Gasteiger partial charge in [-0.1, -0.05) is 42.5 Å². The fourth-order valence-electron chi connectivity index (χ4n) is 3.14. The Bertz CT molecular complexity index is 1230. The van der Waals surface area contributed by atoms with Gasteiger partial charge in [0.2, 0.25) is 0 Å². The number of fused-ring (bicyclic) bond motifs is 1. The van der Waals surface area contributed by atoms with E-state index < -0.39 is 11.3 Å². The molecule has 0 radical (unpaired) electrons. The molecule has 0 bridgehead atoms. The normalized spacial score (nSPS) is 11.7. The highest BCUT2D eigenvalue weighted by Gasteiger charge is 2.15. The van der Waals surface area contributed by atoms with Gasteiger partial charge in [0.1, 0.15) is 37.1 Å². The maximum Gasteiger partial charge on any atom is 0.325 e. The Kier molecular flexibility index (Phi) is 7.27. The molecule has 0 amide bonds. The second-order valence-electron chi connectivity index (χ2n) is 7.27. The quantitative estimate of drug-likeness (QED) is 0.314. The number of pyridine rings is 1. The lowest BCUT2D eigenvalue weighted by molar-refractivity contribution is -0.137. The third-order valence-corrected chi connectivity index (χ3v) is 5.20. The first-order valence-electron chi connectivity index (χ1n) is 10.4. The third-order valence-electron chi connectivity index (χ3n) is 4.89. The van der Waals surface area contributed by atoms with Gasteiger partial charge in [0.15, 0.2) is 5.38 Å². The number of aliphatic carboxylic acids is 1. The Morgan fingerprint density at radius 2 is 1.48 bits per heavy atom. The number of alkyl halides is 1. The molecule has 4 rings (SSSR count). The summed E-state index contributed by atoms with van der Waals surface area (Å²) in [5.41, 5.74) is 2.58. The van der Waals surface area contributed by atoms with Gasteiger partial charge < -0.3 is 19.3 Å². The van der Waals surface area contributed by atoms with Crippen LogP contribution in [0.15, 0.2) is 84.9 Å². The van der Waals surface area contributed by atoms with Crippen molar-refractivity contribution in [1.82, 2.24) is 4.98 Å². The number of aromatic nitrogens is 1. The summed E-state index contributed by atoms with van der Waals surface area (Å²) < 4.78 is 17.3. The Hall–Kier alpha value is -3.77. The topological polar surface area (TPSA) is 77.9 Å².